The van der Waals surface area contributed by atoms with Crippen LogP contribution in [0.15, 0.2) is 42.6 Å². The fraction of sp³-hybridized carbons (Fsp3) is 0.238. The summed E-state index contributed by atoms with van der Waals surface area (Å²) >= 11 is 0. The summed E-state index contributed by atoms with van der Waals surface area (Å²) in [4.78, 5) is 7.14. The summed E-state index contributed by atoms with van der Waals surface area (Å²) in [6.07, 6.45) is 1.65. The number of anilines is 2. The third-order valence-corrected chi connectivity index (χ3v) is 5.37. The number of nitrogen functional groups attached to an aromatic ring is 1. The molecular weight excluding hydrogens is 380 g/mol. The zero-order valence-electron chi connectivity index (χ0n) is 16.4. The van der Waals surface area contributed by atoms with Gasteiger partial charge in [0.25, 0.3) is 0 Å². The maximum Gasteiger partial charge on any atom is 0.169 e. The van der Waals surface area contributed by atoms with Gasteiger partial charge in [0.05, 0.1) is 42.5 Å². The lowest BCUT2D eigenvalue weighted by Crippen LogP contribution is -2.44. The predicted molar refractivity (Wildman–Crippen MR) is 113 cm³/mol. The SMILES string of the molecule is CC1COCCN1c1cc(-c2ccccc2C#N)c2c(N)nn(-c3ccn[nH]3)c2n1. The van der Waals surface area contributed by atoms with Crippen molar-refractivity contribution in [2.45, 2.75) is 13.0 Å². The molecule has 0 aliphatic carbocycles. The molecule has 0 spiro atoms. The molecule has 1 aliphatic heterocycles. The van der Waals surface area contributed by atoms with Gasteiger partial charge in [-0.1, -0.05) is 18.2 Å². The molecule has 0 saturated carbocycles. The monoisotopic (exact) mass is 400 g/mol. The van der Waals surface area contributed by atoms with E-state index in [-0.39, 0.29) is 6.04 Å². The van der Waals surface area contributed by atoms with E-state index in [1.807, 2.05) is 24.3 Å². The van der Waals surface area contributed by atoms with Crippen molar-refractivity contribution in [3.05, 3.63) is 48.2 Å². The molecule has 4 aromatic rings. The molecule has 30 heavy (non-hydrogen) atoms. The van der Waals surface area contributed by atoms with Crippen LogP contribution in [0.25, 0.3) is 28.0 Å². The van der Waals surface area contributed by atoms with Gasteiger partial charge < -0.3 is 15.4 Å². The van der Waals surface area contributed by atoms with Crippen LogP contribution in [-0.4, -0.2) is 50.8 Å². The second-order valence-corrected chi connectivity index (χ2v) is 7.24. The Morgan fingerprint density at radius 1 is 1.27 bits per heavy atom. The van der Waals surface area contributed by atoms with Crippen LogP contribution in [-0.2, 0) is 4.74 Å². The Morgan fingerprint density at radius 2 is 2.13 bits per heavy atom. The van der Waals surface area contributed by atoms with Gasteiger partial charge in [0.2, 0.25) is 0 Å². The second-order valence-electron chi connectivity index (χ2n) is 7.24. The zero-order valence-corrected chi connectivity index (χ0v) is 16.4. The number of rotatable bonds is 3. The lowest BCUT2D eigenvalue weighted by Gasteiger charge is -2.34. The number of morpholine rings is 1. The summed E-state index contributed by atoms with van der Waals surface area (Å²) in [6, 6.07) is 13.7. The number of pyridine rings is 1. The highest BCUT2D eigenvalue weighted by atomic mass is 16.5. The minimum Gasteiger partial charge on any atom is -0.382 e. The molecule has 1 saturated heterocycles. The summed E-state index contributed by atoms with van der Waals surface area (Å²) < 4.78 is 7.25. The van der Waals surface area contributed by atoms with Gasteiger partial charge in [-0.2, -0.15) is 15.0 Å². The van der Waals surface area contributed by atoms with E-state index >= 15 is 0 Å². The summed E-state index contributed by atoms with van der Waals surface area (Å²) in [6.45, 7) is 4.10. The van der Waals surface area contributed by atoms with Crippen LogP contribution in [0.1, 0.15) is 12.5 Å². The number of fused-ring (bicyclic) bond motifs is 1. The van der Waals surface area contributed by atoms with Gasteiger partial charge in [-0.05, 0) is 19.1 Å². The first-order valence-corrected chi connectivity index (χ1v) is 9.70. The molecular formula is C21H20N8O. The standard InChI is InChI=1S/C21H20N8O/c1-13-12-30-9-8-28(13)18-10-16(15-5-3-2-4-14(15)11-22)19-20(23)27-29(21(19)25-18)17-6-7-24-26-17/h2-7,10,13H,8-9,12H2,1H3,(H2,23,27)(H,24,26). The van der Waals surface area contributed by atoms with E-state index in [4.69, 9.17) is 15.5 Å². The number of hydrogen-bond acceptors (Lipinski definition) is 7. The number of benzene rings is 1. The highest BCUT2D eigenvalue weighted by molar-refractivity contribution is 6.02. The van der Waals surface area contributed by atoms with E-state index in [0.717, 1.165) is 23.5 Å². The Labute approximate surface area is 172 Å². The second kappa shape index (κ2) is 7.17. The van der Waals surface area contributed by atoms with Gasteiger partial charge in [0.1, 0.15) is 5.82 Å². The van der Waals surface area contributed by atoms with Crippen molar-refractivity contribution in [1.29, 1.82) is 5.26 Å². The highest BCUT2D eigenvalue weighted by Gasteiger charge is 2.25. The number of nitrogens with zero attached hydrogens (tertiary/aromatic N) is 6. The molecule has 1 aliphatic rings. The lowest BCUT2D eigenvalue weighted by molar-refractivity contribution is 0.0986. The van der Waals surface area contributed by atoms with Crippen molar-refractivity contribution in [1.82, 2.24) is 25.0 Å². The Morgan fingerprint density at radius 3 is 2.90 bits per heavy atom. The van der Waals surface area contributed by atoms with Crippen LogP contribution in [0, 0.1) is 11.3 Å². The minimum absolute atomic E-state index is 0.170. The number of hydrogen-bond donors (Lipinski definition) is 2. The molecule has 150 valence electrons. The number of H-pyrrole nitrogens is 1. The normalized spacial score (nSPS) is 16.7. The molecule has 4 heterocycles. The van der Waals surface area contributed by atoms with E-state index in [2.05, 4.69) is 33.2 Å². The molecule has 1 fully saturated rings. The van der Waals surface area contributed by atoms with Crippen LogP contribution >= 0.6 is 0 Å². The summed E-state index contributed by atoms with van der Waals surface area (Å²) in [5, 5.41) is 21.8. The van der Waals surface area contributed by atoms with Gasteiger partial charge >= 0.3 is 0 Å². The quantitative estimate of drug-likeness (QED) is 0.542. The van der Waals surface area contributed by atoms with Crippen LogP contribution < -0.4 is 10.6 Å². The van der Waals surface area contributed by atoms with Crippen molar-refractivity contribution in [3.8, 4) is 23.0 Å². The van der Waals surface area contributed by atoms with Crippen molar-refractivity contribution >= 4 is 22.7 Å². The first kappa shape index (κ1) is 18.1. The Balaban J connectivity index is 1.83. The Kier molecular flexibility index (Phi) is 4.34. The maximum absolute atomic E-state index is 9.68. The van der Waals surface area contributed by atoms with Gasteiger partial charge in [0, 0.05) is 23.7 Å². The molecule has 0 amide bonds. The molecule has 9 heteroatoms. The summed E-state index contributed by atoms with van der Waals surface area (Å²) in [5.74, 6) is 1.80. The lowest BCUT2D eigenvalue weighted by atomic mass is 9.98. The first-order valence-electron chi connectivity index (χ1n) is 9.70. The minimum atomic E-state index is 0.170. The average molecular weight is 400 g/mol. The smallest absolute Gasteiger partial charge is 0.169 e. The van der Waals surface area contributed by atoms with Gasteiger partial charge in [-0.15, -0.1) is 5.10 Å². The summed E-state index contributed by atoms with van der Waals surface area (Å²) in [5.41, 5.74) is 9.15. The first-order chi connectivity index (χ1) is 14.7. The van der Waals surface area contributed by atoms with Crippen LogP contribution in [0.5, 0.6) is 0 Å². The third-order valence-electron chi connectivity index (χ3n) is 5.37. The van der Waals surface area contributed by atoms with E-state index < -0.39 is 0 Å². The van der Waals surface area contributed by atoms with E-state index in [9.17, 15) is 5.26 Å². The van der Waals surface area contributed by atoms with E-state index in [1.165, 1.54) is 0 Å². The number of aromatic amines is 1. The van der Waals surface area contributed by atoms with Crippen LogP contribution in [0.4, 0.5) is 11.6 Å². The molecule has 1 atom stereocenters. The van der Waals surface area contributed by atoms with Crippen molar-refractivity contribution in [2.75, 3.05) is 30.4 Å². The summed E-state index contributed by atoms with van der Waals surface area (Å²) in [7, 11) is 0. The zero-order chi connectivity index (χ0) is 20.7. The molecule has 3 N–H and O–H groups in total. The number of aromatic nitrogens is 5. The van der Waals surface area contributed by atoms with Crippen LogP contribution in [0.2, 0.25) is 0 Å². The van der Waals surface area contributed by atoms with Gasteiger partial charge in [0.15, 0.2) is 17.3 Å². The van der Waals surface area contributed by atoms with Gasteiger partial charge in [-0.3, -0.25) is 5.10 Å². The third kappa shape index (κ3) is 2.86. The number of ether oxygens (including phenoxy) is 1. The van der Waals surface area contributed by atoms with E-state index in [1.54, 1.807) is 23.0 Å². The maximum atomic E-state index is 9.68. The Bertz CT molecular complexity index is 1250. The molecule has 9 nitrogen and oxygen atoms in total. The molecule has 5 rings (SSSR count). The van der Waals surface area contributed by atoms with Crippen molar-refractivity contribution in [2.24, 2.45) is 0 Å². The number of nitriles is 1. The Hall–Kier alpha value is -3.90. The van der Waals surface area contributed by atoms with E-state index in [0.29, 0.717) is 41.4 Å². The number of nitrogens with one attached hydrogen (secondary N) is 1. The van der Waals surface area contributed by atoms with Gasteiger partial charge in [-0.25, -0.2) is 4.98 Å². The average Bonchev–Trinajstić information content (AvgIpc) is 3.42. The molecule has 3 aromatic heterocycles. The topological polar surface area (TPSA) is 122 Å². The highest BCUT2D eigenvalue weighted by Crippen LogP contribution is 2.37. The molecule has 0 bridgehead atoms. The molecule has 0 radical (unpaired) electrons. The molecule has 1 unspecified atom stereocenters. The van der Waals surface area contributed by atoms with Crippen LogP contribution in [0.3, 0.4) is 0 Å². The van der Waals surface area contributed by atoms with Crippen molar-refractivity contribution < 1.29 is 4.74 Å². The fourth-order valence-electron chi connectivity index (χ4n) is 3.91. The van der Waals surface area contributed by atoms with Crippen molar-refractivity contribution in [3.63, 3.8) is 0 Å². The largest absolute Gasteiger partial charge is 0.382 e. The number of nitrogens with two attached hydrogens (primary N) is 1. The predicted octanol–water partition coefficient (Wildman–Crippen LogP) is 2.49. The fourth-order valence-corrected chi connectivity index (χ4v) is 3.91. The molecule has 1 aromatic carbocycles.